The first-order valence-electron chi connectivity index (χ1n) is 7.62. The van der Waals surface area contributed by atoms with E-state index in [-0.39, 0.29) is 5.91 Å². The van der Waals surface area contributed by atoms with Crippen molar-refractivity contribution in [2.75, 3.05) is 39.4 Å². The SMILES string of the molecule is O=C(NCCN1CCOCC1)c1cnn(-c2ccccc2Cl)c1. The third kappa shape index (κ3) is 4.10. The van der Waals surface area contributed by atoms with Crippen LogP contribution in [0.3, 0.4) is 0 Å². The van der Waals surface area contributed by atoms with Crippen molar-refractivity contribution in [3.05, 3.63) is 47.2 Å². The van der Waals surface area contributed by atoms with Crippen molar-refractivity contribution < 1.29 is 9.53 Å². The average molecular weight is 335 g/mol. The van der Waals surface area contributed by atoms with Crippen molar-refractivity contribution in [1.29, 1.82) is 0 Å². The molecule has 1 aromatic carbocycles. The van der Waals surface area contributed by atoms with E-state index in [2.05, 4.69) is 15.3 Å². The Bertz CT molecular complexity index is 668. The van der Waals surface area contributed by atoms with Gasteiger partial charge >= 0.3 is 0 Å². The molecule has 6 nitrogen and oxygen atoms in total. The molecule has 1 fully saturated rings. The van der Waals surface area contributed by atoms with Crippen LogP contribution in [0.4, 0.5) is 0 Å². The van der Waals surface area contributed by atoms with Gasteiger partial charge in [-0.25, -0.2) is 4.68 Å². The maximum atomic E-state index is 12.2. The molecule has 7 heteroatoms. The van der Waals surface area contributed by atoms with Crippen LogP contribution in [-0.2, 0) is 4.74 Å². The number of hydrogen-bond acceptors (Lipinski definition) is 4. The molecule has 1 N–H and O–H groups in total. The fraction of sp³-hybridized carbons (Fsp3) is 0.375. The molecular weight excluding hydrogens is 316 g/mol. The van der Waals surface area contributed by atoms with Gasteiger partial charge in [0.25, 0.3) is 5.91 Å². The van der Waals surface area contributed by atoms with Gasteiger partial charge in [0, 0.05) is 32.4 Å². The lowest BCUT2D eigenvalue weighted by atomic mass is 10.3. The lowest BCUT2D eigenvalue weighted by Gasteiger charge is -2.26. The van der Waals surface area contributed by atoms with E-state index in [0.717, 1.165) is 38.5 Å². The molecule has 1 amide bonds. The zero-order valence-corrected chi connectivity index (χ0v) is 13.5. The number of benzene rings is 1. The number of para-hydroxylation sites is 1. The summed E-state index contributed by atoms with van der Waals surface area (Å²) in [6, 6.07) is 7.38. The lowest BCUT2D eigenvalue weighted by Crippen LogP contribution is -2.41. The summed E-state index contributed by atoms with van der Waals surface area (Å²) >= 11 is 6.14. The topological polar surface area (TPSA) is 59.4 Å². The minimum absolute atomic E-state index is 0.128. The molecule has 1 aliphatic heterocycles. The second kappa shape index (κ2) is 7.59. The molecule has 0 bridgehead atoms. The fourth-order valence-electron chi connectivity index (χ4n) is 2.46. The number of nitrogens with zero attached hydrogens (tertiary/aromatic N) is 3. The first-order valence-corrected chi connectivity index (χ1v) is 8.00. The van der Waals surface area contributed by atoms with Crippen LogP contribution in [0.5, 0.6) is 0 Å². The van der Waals surface area contributed by atoms with E-state index < -0.39 is 0 Å². The predicted octanol–water partition coefficient (Wildman–Crippen LogP) is 1.59. The molecule has 0 aliphatic carbocycles. The summed E-state index contributed by atoms with van der Waals surface area (Å²) in [4.78, 5) is 14.5. The molecule has 1 aromatic heterocycles. The Labute approximate surface area is 140 Å². The summed E-state index contributed by atoms with van der Waals surface area (Å²) in [5.41, 5.74) is 1.27. The van der Waals surface area contributed by atoms with Gasteiger partial charge in [-0.15, -0.1) is 0 Å². The van der Waals surface area contributed by atoms with Crippen LogP contribution < -0.4 is 5.32 Å². The van der Waals surface area contributed by atoms with Gasteiger partial charge in [-0.3, -0.25) is 9.69 Å². The second-order valence-electron chi connectivity index (χ2n) is 5.33. The number of hydrogen-bond donors (Lipinski definition) is 1. The van der Waals surface area contributed by atoms with Gasteiger partial charge in [0.2, 0.25) is 0 Å². The number of carbonyl (C=O) groups is 1. The van der Waals surface area contributed by atoms with Gasteiger partial charge in [0.1, 0.15) is 0 Å². The van der Waals surface area contributed by atoms with E-state index in [1.165, 1.54) is 0 Å². The van der Waals surface area contributed by atoms with Gasteiger partial charge in [-0.2, -0.15) is 5.10 Å². The van der Waals surface area contributed by atoms with Crippen LogP contribution in [0, 0.1) is 0 Å². The molecule has 1 saturated heterocycles. The van der Waals surface area contributed by atoms with E-state index in [1.54, 1.807) is 23.1 Å². The summed E-state index contributed by atoms with van der Waals surface area (Å²) in [6.07, 6.45) is 3.23. The molecule has 0 atom stereocenters. The highest BCUT2D eigenvalue weighted by Crippen LogP contribution is 2.19. The summed E-state index contributed by atoms with van der Waals surface area (Å²) in [5.74, 6) is -0.128. The summed E-state index contributed by atoms with van der Waals surface area (Å²) in [5, 5.41) is 7.72. The van der Waals surface area contributed by atoms with Gasteiger partial charge in [0.15, 0.2) is 0 Å². The van der Waals surface area contributed by atoms with Crippen molar-refractivity contribution >= 4 is 17.5 Å². The van der Waals surface area contributed by atoms with E-state index >= 15 is 0 Å². The first-order chi connectivity index (χ1) is 11.2. The van der Waals surface area contributed by atoms with Gasteiger partial charge in [-0.05, 0) is 12.1 Å². The van der Waals surface area contributed by atoms with Crippen molar-refractivity contribution in [3.63, 3.8) is 0 Å². The lowest BCUT2D eigenvalue weighted by molar-refractivity contribution is 0.0383. The molecule has 122 valence electrons. The maximum absolute atomic E-state index is 12.2. The number of halogens is 1. The standard InChI is InChI=1S/C16H19ClN4O2/c17-14-3-1-2-4-15(14)21-12-13(11-19-21)16(22)18-5-6-20-7-9-23-10-8-20/h1-4,11-12H,5-10H2,(H,18,22). The Morgan fingerprint density at radius 1 is 1.30 bits per heavy atom. The molecule has 23 heavy (non-hydrogen) atoms. The third-order valence-electron chi connectivity index (χ3n) is 3.76. The molecule has 0 spiro atoms. The first kappa shape index (κ1) is 16.0. The second-order valence-corrected chi connectivity index (χ2v) is 5.74. The van der Waals surface area contributed by atoms with Crippen LogP contribution in [0.2, 0.25) is 5.02 Å². The summed E-state index contributed by atoms with van der Waals surface area (Å²) in [6.45, 7) is 4.79. The largest absolute Gasteiger partial charge is 0.379 e. The minimum atomic E-state index is -0.128. The van der Waals surface area contributed by atoms with Crippen LogP contribution in [0.1, 0.15) is 10.4 Å². The van der Waals surface area contributed by atoms with Crippen LogP contribution in [0.15, 0.2) is 36.7 Å². The quantitative estimate of drug-likeness (QED) is 0.902. The monoisotopic (exact) mass is 334 g/mol. The number of ether oxygens (including phenoxy) is 1. The van der Waals surface area contributed by atoms with Crippen molar-refractivity contribution in [2.24, 2.45) is 0 Å². The fourth-order valence-corrected chi connectivity index (χ4v) is 2.69. The maximum Gasteiger partial charge on any atom is 0.254 e. The van der Waals surface area contributed by atoms with Gasteiger partial charge < -0.3 is 10.1 Å². The highest BCUT2D eigenvalue weighted by atomic mass is 35.5. The zero-order valence-electron chi connectivity index (χ0n) is 12.7. The van der Waals surface area contributed by atoms with Crippen molar-refractivity contribution in [2.45, 2.75) is 0 Å². The normalized spacial score (nSPS) is 15.5. The zero-order chi connectivity index (χ0) is 16.1. The number of rotatable bonds is 5. The average Bonchev–Trinajstić information content (AvgIpc) is 3.06. The molecule has 0 unspecified atom stereocenters. The highest BCUT2D eigenvalue weighted by molar-refractivity contribution is 6.32. The third-order valence-corrected chi connectivity index (χ3v) is 4.08. The Hall–Kier alpha value is -1.89. The molecule has 1 aliphatic rings. The minimum Gasteiger partial charge on any atom is -0.379 e. The van der Waals surface area contributed by atoms with E-state index in [0.29, 0.717) is 17.1 Å². The number of amides is 1. The van der Waals surface area contributed by atoms with E-state index in [9.17, 15) is 4.79 Å². The van der Waals surface area contributed by atoms with E-state index in [4.69, 9.17) is 16.3 Å². The Kier molecular flexibility index (Phi) is 5.27. The van der Waals surface area contributed by atoms with E-state index in [1.807, 2.05) is 18.2 Å². The number of nitrogens with one attached hydrogen (secondary N) is 1. The van der Waals surface area contributed by atoms with Gasteiger partial charge in [-0.1, -0.05) is 23.7 Å². The summed E-state index contributed by atoms with van der Waals surface area (Å²) in [7, 11) is 0. The highest BCUT2D eigenvalue weighted by Gasteiger charge is 2.13. The molecule has 2 heterocycles. The Morgan fingerprint density at radius 3 is 2.87 bits per heavy atom. The van der Waals surface area contributed by atoms with Crippen LogP contribution in [-0.4, -0.2) is 60.0 Å². The van der Waals surface area contributed by atoms with Crippen LogP contribution in [0.25, 0.3) is 5.69 Å². The Morgan fingerprint density at radius 2 is 2.09 bits per heavy atom. The smallest absolute Gasteiger partial charge is 0.254 e. The van der Waals surface area contributed by atoms with Crippen molar-refractivity contribution in [1.82, 2.24) is 20.0 Å². The Balaban J connectivity index is 1.55. The van der Waals surface area contributed by atoms with Crippen molar-refractivity contribution in [3.8, 4) is 5.69 Å². The number of carbonyl (C=O) groups excluding carboxylic acids is 1. The molecule has 0 radical (unpaired) electrons. The molecular formula is C16H19ClN4O2. The van der Waals surface area contributed by atoms with Gasteiger partial charge in [0.05, 0.1) is 35.7 Å². The number of aromatic nitrogens is 2. The molecule has 0 saturated carbocycles. The number of morpholine rings is 1. The summed E-state index contributed by atoms with van der Waals surface area (Å²) < 4.78 is 6.91. The van der Waals surface area contributed by atoms with Crippen LogP contribution >= 0.6 is 11.6 Å². The predicted molar refractivity (Wildman–Crippen MR) is 88.2 cm³/mol. The molecule has 2 aromatic rings. The molecule has 3 rings (SSSR count).